The van der Waals surface area contributed by atoms with Crippen molar-refractivity contribution < 1.29 is 9.59 Å². The Hall–Kier alpha value is -2.10. The van der Waals surface area contributed by atoms with E-state index in [4.69, 9.17) is 0 Å². The molecule has 2 amide bonds. The van der Waals surface area contributed by atoms with E-state index < -0.39 is 5.41 Å². The summed E-state index contributed by atoms with van der Waals surface area (Å²) in [4.78, 5) is 26.4. The highest BCUT2D eigenvalue weighted by Crippen LogP contribution is 2.37. The Kier molecular flexibility index (Phi) is 4.01. The van der Waals surface area contributed by atoms with Crippen LogP contribution in [0.15, 0.2) is 43.0 Å². The van der Waals surface area contributed by atoms with Gasteiger partial charge in [0.05, 0.1) is 5.41 Å². The van der Waals surface area contributed by atoms with Crippen molar-refractivity contribution in [3.05, 3.63) is 48.6 Å². The predicted molar refractivity (Wildman–Crippen MR) is 85.3 cm³/mol. The molecule has 2 aliphatic rings. The molecular formula is C18H22N2O2. The van der Waals surface area contributed by atoms with Crippen molar-refractivity contribution in [1.82, 2.24) is 10.2 Å². The molecule has 1 saturated carbocycles. The van der Waals surface area contributed by atoms with E-state index in [1.807, 2.05) is 30.3 Å². The molecule has 1 aliphatic heterocycles. The summed E-state index contributed by atoms with van der Waals surface area (Å²) in [5.74, 6) is 0.0659. The molecule has 4 nitrogen and oxygen atoms in total. The molecule has 1 saturated heterocycles. The molecule has 1 heterocycles. The van der Waals surface area contributed by atoms with Crippen LogP contribution < -0.4 is 5.32 Å². The number of amides is 2. The van der Waals surface area contributed by atoms with Crippen molar-refractivity contribution in [3.63, 3.8) is 0 Å². The molecule has 0 radical (unpaired) electrons. The van der Waals surface area contributed by atoms with Crippen LogP contribution in [0.3, 0.4) is 0 Å². The summed E-state index contributed by atoms with van der Waals surface area (Å²) in [5, 5.41) is 3.16. The average molecular weight is 298 g/mol. The number of piperidine rings is 1. The number of carbonyl (C=O) groups excluding carboxylic acids is 2. The maximum absolute atomic E-state index is 12.9. The Morgan fingerprint density at radius 3 is 2.36 bits per heavy atom. The van der Waals surface area contributed by atoms with E-state index in [-0.39, 0.29) is 11.8 Å². The molecule has 1 aromatic carbocycles. The minimum atomic E-state index is -0.512. The zero-order chi connectivity index (χ0) is 15.6. The number of hydrogen-bond acceptors (Lipinski definition) is 2. The third-order valence-electron chi connectivity index (χ3n) is 4.78. The van der Waals surface area contributed by atoms with Crippen molar-refractivity contribution in [2.45, 2.75) is 37.1 Å². The molecule has 22 heavy (non-hydrogen) atoms. The zero-order valence-corrected chi connectivity index (χ0v) is 12.8. The van der Waals surface area contributed by atoms with Gasteiger partial charge in [-0.15, -0.1) is 0 Å². The lowest BCUT2D eigenvalue weighted by Crippen LogP contribution is -2.53. The summed E-state index contributed by atoms with van der Waals surface area (Å²) in [5.41, 5.74) is 0.542. The summed E-state index contributed by atoms with van der Waals surface area (Å²) >= 11 is 0. The van der Waals surface area contributed by atoms with Crippen molar-refractivity contribution >= 4 is 11.8 Å². The normalized spacial score (nSPS) is 20.3. The van der Waals surface area contributed by atoms with Gasteiger partial charge >= 0.3 is 0 Å². The minimum Gasteiger partial charge on any atom is -0.353 e. The summed E-state index contributed by atoms with van der Waals surface area (Å²) in [6.07, 6.45) is 4.83. The highest BCUT2D eigenvalue weighted by atomic mass is 16.2. The van der Waals surface area contributed by atoms with Gasteiger partial charge < -0.3 is 10.2 Å². The van der Waals surface area contributed by atoms with E-state index in [1.165, 1.54) is 6.08 Å². The minimum absolute atomic E-state index is 0.0516. The SMILES string of the molecule is C=CC(=O)N1CCC(C(=O)NC2CC2)(c2ccccc2)CC1. The van der Waals surface area contributed by atoms with Crippen LogP contribution in [0.2, 0.25) is 0 Å². The molecule has 0 spiro atoms. The molecule has 0 atom stereocenters. The van der Waals surface area contributed by atoms with Crippen LogP contribution in [0, 0.1) is 0 Å². The van der Waals surface area contributed by atoms with E-state index in [0.717, 1.165) is 18.4 Å². The zero-order valence-electron chi connectivity index (χ0n) is 12.8. The van der Waals surface area contributed by atoms with Crippen molar-refractivity contribution in [2.24, 2.45) is 0 Å². The van der Waals surface area contributed by atoms with Gasteiger partial charge in [0, 0.05) is 19.1 Å². The third kappa shape index (κ3) is 2.78. The van der Waals surface area contributed by atoms with E-state index in [1.54, 1.807) is 4.90 Å². The number of nitrogens with zero attached hydrogens (tertiary/aromatic N) is 1. The molecule has 0 unspecified atom stereocenters. The van der Waals surface area contributed by atoms with Crippen LogP contribution in [0.25, 0.3) is 0 Å². The largest absolute Gasteiger partial charge is 0.353 e. The van der Waals surface area contributed by atoms with Gasteiger partial charge in [-0.2, -0.15) is 0 Å². The molecule has 116 valence electrons. The summed E-state index contributed by atoms with van der Waals surface area (Å²) in [6.45, 7) is 4.73. The number of hydrogen-bond donors (Lipinski definition) is 1. The fourth-order valence-electron chi connectivity index (χ4n) is 3.19. The summed E-state index contributed by atoms with van der Waals surface area (Å²) < 4.78 is 0. The van der Waals surface area contributed by atoms with Gasteiger partial charge in [-0.25, -0.2) is 0 Å². The van der Waals surface area contributed by atoms with E-state index >= 15 is 0 Å². The van der Waals surface area contributed by atoms with Gasteiger partial charge in [0.1, 0.15) is 0 Å². The molecular weight excluding hydrogens is 276 g/mol. The number of carbonyl (C=O) groups is 2. The number of nitrogens with one attached hydrogen (secondary N) is 1. The smallest absolute Gasteiger partial charge is 0.245 e. The van der Waals surface area contributed by atoms with Crippen LogP contribution in [-0.4, -0.2) is 35.8 Å². The Labute approximate surface area is 131 Å². The number of benzene rings is 1. The summed E-state index contributed by atoms with van der Waals surface area (Å²) in [6, 6.07) is 10.3. The Balaban J connectivity index is 1.83. The topological polar surface area (TPSA) is 49.4 Å². The van der Waals surface area contributed by atoms with Gasteiger partial charge in [-0.05, 0) is 37.3 Å². The first-order valence-corrected chi connectivity index (χ1v) is 7.93. The van der Waals surface area contributed by atoms with Crippen LogP contribution in [0.5, 0.6) is 0 Å². The van der Waals surface area contributed by atoms with Crippen LogP contribution in [0.4, 0.5) is 0 Å². The predicted octanol–water partition coefficient (Wildman–Crippen LogP) is 2.01. The second-order valence-corrected chi connectivity index (χ2v) is 6.23. The first kappa shape index (κ1) is 14.8. The molecule has 2 fully saturated rings. The summed E-state index contributed by atoms with van der Waals surface area (Å²) in [7, 11) is 0. The van der Waals surface area contributed by atoms with Gasteiger partial charge in [0.2, 0.25) is 11.8 Å². The Morgan fingerprint density at radius 2 is 1.82 bits per heavy atom. The first-order valence-electron chi connectivity index (χ1n) is 7.93. The number of likely N-dealkylation sites (tertiary alicyclic amines) is 1. The highest BCUT2D eigenvalue weighted by molar-refractivity contribution is 5.90. The molecule has 0 aromatic heterocycles. The highest BCUT2D eigenvalue weighted by Gasteiger charge is 2.44. The van der Waals surface area contributed by atoms with E-state index in [0.29, 0.717) is 32.0 Å². The van der Waals surface area contributed by atoms with Crippen LogP contribution in [0.1, 0.15) is 31.2 Å². The maximum atomic E-state index is 12.9. The number of rotatable bonds is 4. The fraction of sp³-hybridized carbons (Fsp3) is 0.444. The van der Waals surface area contributed by atoms with E-state index in [9.17, 15) is 9.59 Å². The van der Waals surface area contributed by atoms with Gasteiger partial charge in [-0.3, -0.25) is 9.59 Å². The second kappa shape index (κ2) is 5.95. The van der Waals surface area contributed by atoms with Crippen LogP contribution >= 0.6 is 0 Å². The third-order valence-corrected chi connectivity index (χ3v) is 4.78. The molecule has 1 aliphatic carbocycles. The lowest BCUT2D eigenvalue weighted by molar-refractivity contribution is -0.134. The maximum Gasteiger partial charge on any atom is 0.245 e. The van der Waals surface area contributed by atoms with Gasteiger partial charge in [0.15, 0.2) is 0 Å². The van der Waals surface area contributed by atoms with Crippen LogP contribution in [-0.2, 0) is 15.0 Å². The molecule has 0 bridgehead atoms. The van der Waals surface area contributed by atoms with Gasteiger partial charge in [-0.1, -0.05) is 36.9 Å². The molecule has 4 heteroatoms. The van der Waals surface area contributed by atoms with Crippen molar-refractivity contribution in [2.75, 3.05) is 13.1 Å². The molecule has 1 aromatic rings. The monoisotopic (exact) mass is 298 g/mol. The second-order valence-electron chi connectivity index (χ2n) is 6.23. The van der Waals surface area contributed by atoms with Crippen molar-refractivity contribution in [1.29, 1.82) is 0 Å². The Bertz CT molecular complexity index is 570. The quantitative estimate of drug-likeness (QED) is 0.865. The lowest BCUT2D eigenvalue weighted by Gasteiger charge is -2.40. The van der Waals surface area contributed by atoms with Crippen molar-refractivity contribution in [3.8, 4) is 0 Å². The molecule has 3 rings (SSSR count). The first-order chi connectivity index (χ1) is 10.7. The van der Waals surface area contributed by atoms with E-state index in [2.05, 4.69) is 11.9 Å². The molecule has 1 N–H and O–H groups in total. The Morgan fingerprint density at radius 1 is 1.18 bits per heavy atom. The standard InChI is InChI=1S/C18H22N2O2/c1-2-16(21)20-12-10-18(11-13-20,14-6-4-3-5-7-14)17(22)19-15-8-9-15/h2-7,15H,1,8-13H2,(H,19,22). The fourth-order valence-corrected chi connectivity index (χ4v) is 3.19. The average Bonchev–Trinajstić information content (AvgIpc) is 3.39. The van der Waals surface area contributed by atoms with Gasteiger partial charge in [0.25, 0.3) is 0 Å². The lowest BCUT2D eigenvalue weighted by atomic mass is 9.72.